The molecule has 0 aliphatic carbocycles. The minimum atomic E-state index is -0.219. The Morgan fingerprint density at radius 3 is 2.79 bits per heavy atom. The fourth-order valence-electron chi connectivity index (χ4n) is 2.95. The number of amides is 1. The van der Waals surface area contributed by atoms with Gasteiger partial charge >= 0.3 is 0 Å². The SMILES string of the molecule is CNC(=O)C1(C)CCCN(CCc2ccccc2)C1. The largest absolute Gasteiger partial charge is 0.359 e. The van der Waals surface area contributed by atoms with E-state index >= 15 is 0 Å². The zero-order valence-electron chi connectivity index (χ0n) is 12.0. The predicted molar refractivity (Wildman–Crippen MR) is 78.0 cm³/mol. The summed E-state index contributed by atoms with van der Waals surface area (Å²) >= 11 is 0. The third-order valence-electron chi connectivity index (χ3n) is 4.11. The number of carbonyl (C=O) groups excluding carboxylic acids is 1. The number of nitrogens with one attached hydrogen (secondary N) is 1. The molecule has 0 saturated carbocycles. The Labute approximate surface area is 116 Å². The number of piperidine rings is 1. The Kier molecular flexibility index (Phi) is 4.59. The van der Waals surface area contributed by atoms with Crippen molar-refractivity contribution in [3.8, 4) is 0 Å². The molecule has 1 N–H and O–H groups in total. The van der Waals surface area contributed by atoms with Crippen LogP contribution < -0.4 is 5.32 Å². The van der Waals surface area contributed by atoms with Crippen LogP contribution in [0.1, 0.15) is 25.3 Å². The standard InChI is InChI=1S/C16H24N2O/c1-16(15(19)17-2)10-6-11-18(13-16)12-9-14-7-4-3-5-8-14/h3-5,7-8H,6,9-13H2,1-2H3,(H,17,19). The summed E-state index contributed by atoms with van der Waals surface area (Å²) < 4.78 is 0. The van der Waals surface area contributed by atoms with Crippen LogP contribution in [-0.2, 0) is 11.2 Å². The van der Waals surface area contributed by atoms with Crippen LogP contribution in [0, 0.1) is 5.41 Å². The summed E-state index contributed by atoms with van der Waals surface area (Å²) in [6.07, 6.45) is 3.16. The molecule has 1 aromatic rings. The molecule has 0 spiro atoms. The normalized spacial score (nSPS) is 24.1. The number of likely N-dealkylation sites (tertiary alicyclic amines) is 1. The van der Waals surface area contributed by atoms with Crippen LogP contribution in [0.4, 0.5) is 0 Å². The highest BCUT2D eigenvalue weighted by atomic mass is 16.2. The number of carbonyl (C=O) groups is 1. The van der Waals surface area contributed by atoms with E-state index in [0.717, 1.165) is 38.9 Å². The van der Waals surface area contributed by atoms with E-state index in [1.165, 1.54) is 5.56 Å². The van der Waals surface area contributed by atoms with E-state index in [1.807, 2.05) is 6.07 Å². The molecule has 1 amide bonds. The molecule has 2 rings (SSSR count). The fraction of sp³-hybridized carbons (Fsp3) is 0.562. The molecule has 104 valence electrons. The van der Waals surface area contributed by atoms with E-state index in [2.05, 4.69) is 41.4 Å². The maximum Gasteiger partial charge on any atom is 0.226 e. The third kappa shape index (κ3) is 3.57. The number of hydrogen-bond donors (Lipinski definition) is 1. The second-order valence-electron chi connectivity index (χ2n) is 5.76. The zero-order chi connectivity index (χ0) is 13.7. The molecule has 19 heavy (non-hydrogen) atoms. The van der Waals surface area contributed by atoms with Crippen LogP contribution in [-0.4, -0.2) is 37.5 Å². The van der Waals surface area contributed by atoms with Gasteiger partial charge in [0.05, 0.1) is 5.41 Å². The topological polar surface area (TPSA) is 32.3 Å². The maximum absolute atomic E-state index is 12.0. The van der Waals surface area contributed by atoms with Gasteiger partial charge in [0, 0.05) is 20.1 Å². The van der Waals surface area contributed by atoms with Gasteiger partial charge in [-0.1, -0.05) is 30.3 Å². The van der Waals surface area contributed by atoms with Gasteiger partial charge in [-0.2, -0.15) is 0 Å². The van der Waals surface area contributed by atoms with Gasteiger partial charge in [0.25, 0.3) is 0 Å². The van der Waals surface area contributed by atoms with Gasteiger partial charge in [0.15, 0.2) is 0 Å². The fourth-order valence-corrected chi connectivity index (χ4v) is 2.95. The molecule has 1 aromatic carbocycles. The van der Waals surface area contributed by atoms with Crippen LogP contribution in [0.3, 0.4) is 0 Å². The first-order valence-electron chi connectivity index (χ1n) is 7.12. The molecule has 1 saturated heterocycles. The van der Waals surface area contributed by atoms with E-state index in [-0.39, 0.29) is 11.3 Å². The van der Waals surface area contributed by atoms with Gasteiger partial charge in [-0.15, -0.1) is 0 Å². The first-order chi connectivity index (χ1) is 9.14. The first-order valence-corrected chi connectivity index (χ1v) is 7.12. The first kappa shape index (κ1) is 14.1. The molecule has 3 nitrogen and oxygen atoms in total. The van der Waals surface area contributed by atoms with E-state index in [0.29, 0.717) is 0 Å². The molecule has 3 heteroatoms. The Bertz CT molecular complexity index is 418. The quantitative estimate of drug-likeness (QED) is 0.899. The second-order valence-corrected chi connectivity index (χ2v) is 5.76. The summed E-state index contributed by atoms with van der Waals surface area (Å²) in [5.74, 6) is 0.178. The predicted octanol–water partition coefficient (Wildman–Crippen LogP) is 2.08. The highest BCUT2D eigenvalue weighted by Crippen LogP contribution is 2.29. The molecule has 1 atom stereocenters. The molecule has 1 aliphatic rings. The van der Waals surface area contributed by atoms with Crippen molar-refractivity contribution >= 4 is 5.91 Å². The summed E-state index contributed by atoms with van der Waals surface area (Å²) in [5, 5.41) is 2.80. The Hall–Kier alpha value is -1.35. The summed E-state index contributed by atoms with van der Waals surface area (Å²) in [5.41, 5.74) is 1.15. The molecule has 0 bridgehead atoms. The highest BCUT2D eigenvalue weighted by molar-refractivity contribution is 5.82. The average molecular weight is 260 g/mol. The van der Waals surface area contributed by atoms with E-state index < -0.39 is 0 Å². The van der Waals surface area contributed by atoms with Crippen LogP contribution in [0.2, 0.25) is 0 Å². The highest BCUT2D eigenvalue weighted by Gasteiger charge is 2.36. The van der Waals surface area contributed by atoms with Crippen molar-refractivity contribution in [1.29, 1.82) is 0 Å². The van der Waals surface area contributed by atoms with Crippen molar-refractivity contribution in [1.82, 2.24) is 10.2 Å². The smallest absolute Gasteiger partial charge is 0.226 e. The van der Waals surface area contributed by atoms with Crippen LogP contribution in [0.15, 0.2) is 30.3 Å². The van der Waals surface area contributed by atoms with Crippen molar-refractivity contribution in [3.63, 3.8) is 0 Å². The lowest BCUT2D eigenvalue weighted by Gasteiger charge is -2.39. The van der Waals surface area contributed by atoms with Crippen LogP contribution >= 0.6 is 0 Å². The van der Waals surface area contributed by atoms with E-state index in [1.54, 1.807) is 7.05 Å². The molecule has 0 aromatic heterocycles. The van der Waals surface area contributed by atoms with Gasteiger partial charge < -0.3 is 10.2 Å². The lowest BCUT2D eigenvalue weighted by molar-refractivity contribution is -0.132. The Morgan fingerprint density at radius 1 is 1.37 bits per heavy atom. The number of benzene rings is 1. The Balaban J connectivity index is 1.89. The summed E-state index contributed by atoms with van der Waals surface area (Å²) in [7, 11) is 1.73. The second kappa shape index (κ2) is 6.20. The van der Waals surface area contributed by atoms with Gasteiger partial charge in [-0.25, -0.2) is 0 Å². The molecular formula is C16H24N2O. The maximum atomic E-state index is 12.0. The molecule has 1 aliphatic heterocycles. The molecule has 1 unspecified atom stereocenters. The summed E-state index contributed by atoms with van der Waals surface area (Å²) in [6, 6.07) is 10.6. The van der Waals surface area contributed by atoms with Crippen LogP contribution in [0.5, 0.6) is 0 Å². The van der Waals surface area contributed by atoms with Crippen molar-refractivity contribution in [2.75, 3.05) is 26.7 Å². The number of rotatable bonds is 4. The van der Waals surface area contributed by atoms with Crippen molar-refractivity contribution < 1.29 is 4.79 Å². The summed E-state index contributed by atoms with van der Waals surface area (Å²) in [4.78, 5) is 14.4. The lowest BCUT2D eigenvalue weighted by Crippen LogP contribution is -2.49. The average Bonchev–Trinajstić information content (AvgIpc) is 2.45. The number of nitrogens with zero attached hydrogens (tertiary/aromatic N) is 1. The Morgan fingerprint density at radius 2 is 2.11 bits per heavy atom. The van der Waals surface area contributed by atoms with Crippen molar-refractivity contribution in [2.24, 2.45) is 5.41 Å². The number of hydrogen-bond acceptors (Lipinski definition) is 2. The minimum absolute atomic E-state index is 0.178. The minimum Gasteiger partial charge on any atom is -0.359 e. The van der Waals surface area contributed by atoms with Gasteiger partial charge in [-0.3, -0.25) is 4.79 Å². The van der Waals surface area contributed by atoms with Gasteiger partial charge in [0.1, 0.15) is 0 Å². The van der Waals surface area contributed by atoms with Crippen LogP contribution in [0.25, 0.3) is 0 Å². The molecule has 1 heterocycles. The zero-order valence-corrected chi connectivity index (χ0v) is 12.0. The molecule has 1 fully saturated rings. The lowest BCUT2D eigenvalue weighted by atomic mass is 9.81. The molecular weight excluding hydrogens is 236 g/mol. The van der Waals surface area contributed by atoms with E-state index in [9.17, 15) is 4.79 Å². The molecule has 0 radical (unpaired) electrons. The van der Waals surface area contributed by atoms with Crippen molar-refractivity contribution in [3.05, 3.63) is 35.9 Å². The monoisotopic (exact) mass is 260 g/mol. The van der Waals surface area contributed by atoms with Gasteiger partial charge in [0.2, 0.25) is 5.91 Å². The van der Waals surface area contributed by atoms with E-state index in [4.69, 9.17) is 0 Å². The third-order valence-corrected chi connectivity index (χ3v) is 4.11. The van der Waals surface area contributed by atoms with Gasteiger partial charge in [-0.05, 0) is 38.3 Å². The summed E-state index contributed by atoms with van der Waals surface area (Å²) in [6.45, 7) is 5.11. The van der Waals surface area contributed by atoms with Crippen molar-refractivity contribution in [2.45, 2.75) is 26.2 Å².